The molecule has 0 aromatic carbocycles. The Hall–Kier alpha value is -1.06. The number of hydrogen-bond donors (Lipinski definition) is 1. The normalized spacial score (nSPS) is 35.7. The van der Waals surface area contributed by atoms with Gasteiger partial charge in [0, 0.05) is 19.0 Å². The van der Waals surface area contributed by atoms with Crippen LogP contribution in [0.15, 0.2) is 0 Å². The lowest BCUT2D eigenvalue weighted by Crippen LogP contribution is -2.51. The minimum Gasteiger partial charge on any atom is -0.344 e. The van der Waals surface area contributed by atoms with Crippen molar-refractivity contribution in [3.05, 3.63) is 0 Å². The van der Waals surface area contributed by atoms with E-state index in [-0.39, 0.29) is 17.9 Å². The lowest BCUT2D eigenvalue weighted by atomic mass is 9.83. The maximum Gasteiger partial charge on any atom is 0.245 e. The summed E-state index contributed by atoms with van der Waals surface area (Å²) in [6.45, 7) is 2.88. The summed E-state index contributed by atoms with van der Waals surface area (Å²) in [6, 6.07) is 0.113. The molecule has 0 spiro atoms. The Morgan fingerprint density at radius 1 is 1.05 bits per heavy atom. The van der Waals surface area contributed by atoms with Crippen molar-refractivity contribution < 1.29 is 9.59 Å². The average Bonchev–Trinajstić information content (AvgIpc) is 2.85. The summed E-state index contributed by atoms with van der Waals surface area (Å²) < 4.78 is 0. The van der Waals surface area contributed by atoms with Crippen LogP contribution < -0.4 is 5.32 Å². The first kappa shape index (κ1) is 14.9. The Kier molecular flexibility index (Phi) is 4.51. The first-order valence-electron chi connectivity index (χ1n) is 8.75. The fraction of sp³-hybridized carbons (Fsp3) is 0.882. The van der Waals surface area contributed by atoms with Gasteiger partial charge >= 0.3 is 0 Å². The van der Waals surface area contributed by atoms with Crippen molar-refractivity contribution in [2.75, 3.05) is 6.54 Å². The molecule has 21 heavy (non-hydrogen) atoms. The molecule has 0 aromatic rings. The highest BCUT2D eigenvalue weighted by atomic mass is 16.2. The van der Waals surface area contributed by atoms with E-state index < -0.39 is 0 Å². The molecule has 0 aromatic heterocycles. The molecule has 1 saturated heterocycles. The zero-order valence-electron chi connectivity index (χ0n) is 13.1. The lowest BCUT2D eigenvalue weighted by Gasteiger charge is -2.34. The summed E-state index contributed by atoms with van der Waals surface area (Å²) >= 11 is 0. The van der Waals surface area contributed by atoms with Crippen molar-refractivity contribution in [1.82, 2.24) is 10.2 Å². The third-order valence-corrected chi connectivity index (χ3v) is 5.67. The number of hydrogen-bond acceptors (Lipinski definition) is 2. The van der Waals surface area contributed by atoms with Gasteiger partial charge in [-0.2, -0.15) is 0 Å². The molecule has 2 amide bonds. The Labute approximate surface area is 127 Å². The van der Waals surface area contributed by atoms with Gasteiger partial charge in [-0.05, 0) is 43.9 Å². The highest BCUT2D eigenvalue weighted by molar-refractivity contribution is 5.90. The molecule has 3 atom stereocenters. The van der Waals surface area contributed by atoms with E-state index in [4.69, 9.17) is 0 Å². The van der Waals surface area contributed by atoms with Crippen LogP contribution in [0.1, 0.15) is 64.7 Å². The van der Waals surface area contributed by atoms with E-state index in [9.17, 15) is 9.59 Å². The number of carbonyl (C=O) groups is 2. The molecule has 4 nitrogen and oxygen atoms in total. The predicted molar refractivity (Wildman–Crippen MR) is 81.6 cm³/mol. The third kappa shape index (κ3) is 3.24. The van der Waals surface area contributed by atoms with Gasteiger partial charge in [0.15, 0.2) is 0 Å². The smallest absolute Gasteiger partial charge is 0.245 e. The molecule has 2 saturated carbocycles. The van der Waals surface area contributed by atoms with Gasteiger partial charge in [0.1, 0.15) is 6.04 Å². The Balaban J connectivity index is 1.75. The molecule has 1 aliphatic heterocycles. The molecule has 118 valence electrons. The maximum atomic E-state index is 13.0. The minimum atomic E-state index is -0.254. The van der Waals surface area contributed by atoms with Gasteiger partial charge in [-0.25, -0.2) is 0 Å². The van der Waals surface area contributed by atoms with Gasteiger partial charge in [-0.15, -0.1) is 0 Å². The number of rotatable bonds is 2. The molecule has 3 fully saturated rings. The van der Waals surface area contributed by atoms with Gasteiger partial charge < -0.3 is 10.2 Å². The van der Waals surface area contributed by atoms with Crippen molar-refractivity contribution >= 4 is 11.8 Å². The molecule has 2 aliphatic carbocycles. The number of amides is 2. The van der Waals surface area contributed by atoms with Crippen LogP contribution in [0.3, 0.4) is 0 Å². The average molecular weight is 292 g/mol. The topological polar surface area (TPSA) is 49.4 Å². The summed E-state index contributed by atoms with van der Waals surface area (Å²) in [4.78, 5) is 27.1. The van der Waals surface area contributed by atoms with E-state index in [2.05, 4.69) is 12.2 Å². The molecule has 3 unspecified atom stereocenters. The second-order valence-electron chi connectivity index (χ2n) is 7.30. The molecule has 1 N–H and O–H groups in total. The number of nitrogens with one attached hydrogen (secondary N) is 1. The molecular formula is C17H28N2O2. The second kappa shape index (κ2) is 6.37. The molecule has 3 aliphatic rings. The van der Waals surface area contributed by atoms with E-state index in [0.717, 1.165) is 25.7 Å². The molecule has 4 heteroatoms. The molecule has 1 heterocycles. The van der Waals surface area contributed by atoms with Gasteiger partial charge in [-0.3, -0.25) is 9.59 Å². The van der Waals surface area contributed by atoms with Crippen LogP contribution in [0.5, 0.6) is 0 Å². The highest BCUT2D eigenvalue weighted by Gasteiger charge is 2.39. The summed E-state index contributed by atoms with van der Waals surface area (Å²) in [5, 5.41) is 3.03. The van der Waals surface area contributed by atoms with Gasteiger partial charge in [0.2, 0.25) is 11.8 Å². The van der Waals surface area contributed by atoms with E-state index in [0.29, 0.717) is 30.8 Å². The summed E-state index contributed by atoms with van der Waals surface area (Å²) in [5.74, 6) is 1.33. The maximum absolute atomic E-state index is 13.0. The van der Waals surface area contributed by atoms with Crippen molar-refractivity contribution in [3.8, 4) is 0 Å². The summed E-state index contributed by atoms with van der Waals surface area (Å²) in [7, 11) is 0. The van der Waals surface area contributed by atoms with E-state index in [1.165, 1.54) is 25.7 Å². The zero-order chi connectivity index (χ0) is 14.8. The largest absolute Gasteiger partial charge is 0.344 e. The van der Waals surface area contributed by atoms with Crippen LogP contribution in [-0.2, 0) is 9.59 Å². The van der Waals surface area contributed by atoms with Crippen molar-refractivity contribution in [2.45, 2.75) is 76.8 Å². The summed E-state index contributed by atoms with van der Waals surface area (Å²) in [6.07, 6.45) is 9.75. The van der Waals surface area contributed by atoms with Crippen molar-refractivity contribution in [1.29, 1.82) is 0 Å². The van der Waals surface area contributed by atoms with Crippen LogP contribution in [0, 0.1) is 11.8 Å². The van der Waals surface area contributed by atoms with Crippen LogP contribution in [0.2, 0.25) is 0 Å². The molecule has 0 radical (unpaired) electrons. The standard InChI is InChI=1S/C17H28N2O2/c1-12-7-8-14(11-12)19-10-9-15(20)18-16(17(19)21)13-5-3-2-4-6-13/h12-14,16H,2-11H2,1H3,(H,18,20). The van der Waals surface area contributed by atoms with Gasteiger partial charge in [-0.1, -0.05) is 26.2 Å². The fourth-order valence-electron chi connectivity index (χ4n) is 4.43. The zero-order valence-corrected chi connectivity index (χ0v) is 13.1. The van der Waals surface area contributed by atoms with Crippen molar-refractivity contribution in [2.24, 2.45) is 11.8 Å². The van der Waals surface area contributed by atoms with Crippen LogP contribution >= 0.6 is 0 Å². The van der Waals surface area contributed by atoms with Crippen LogP contribution in [-0.4, -0.2) is 35.3 Å². The SMILES string of the molecule is CC1CCC(N2CCC(=O)NC(C3CCCCC3)C2=O)C1. The van der Waals surface area contributed by atoms with Crippen LogP contribution in [0.25, 0.3) is 0 Å². The predicted octanol–water partition coefficient (Wildman–Crippen LogP) is 2.47. The van der Waals surface area contributed by atoms with Crippen LogP contribution in [0.4, 0.5) is 0 Å². The minimum absolute atomic E-state index is 0.0625. The van der Waals surface area contributed by atoms with Gasteiger partial charge in [0.25, 0.3) is 0 Å². The first-order chi connectivity index (χ1) is 10.1. The Bertz CT molecular complexity index is 404. The van der Waals surface area contributed by atoms with Gasteiger partial charge in [0.05, 0.1) is 0 Å². The first-order valence-corrected chi connectivity index (χ1v) is 8.75. The molecular weight excluding hydrogens is 264 g/mol. The van der Waals surface area contributed by atoms with E-state index >= 15 is 0 Å². The second-order valence-corrected chi connectivity index (χ2v) is 7.30. The van der Waals surface area contributed by atoms with Crippen molar-refractivity contribution in [3.63, 3.8) is 0 Å². The third-order valence-electron chi connectivity index (χ3n) is 5.67. The lowest BCUT2D eigenvalue weighted by molar-refractivity contribution is -0.137. The summed E-state index contributed by atoms with van der Waals surface area (Å²) in [5.41, 5.74) is 0. The molecule has 0 bridgehead atoms. The van der Waals surface area contributed by atoms with E-state index in [1.807, 2.05) is 4.90 Å². The van der Waals surface area contributed by atoms with E-state index in [1.54, 1.807) is 0 Å². The quantitative estimate of drug-likeness (QED) is 0.850. The highest BCUT2D eigenvalue weighted by Crippen LogP contribution is 2.33. The number of carbonyl (C=O) groups excluding carboxylic acids is 2. The number of nitrogens with zero attached hydrogens (tertiary/aromatic N) is 1. The Morgan fingerprint density at radius 3 is 2.48 bits per heavy atom. The molecule has 3 rings (SSSR count). The fourth-order valence-corrected chi connectivity index (χ4v) is 4.43. The monoisotopic (exact) mass is 292 g/mol. The Morgan fingerprint density at radius 2 is 1.81 bits per heavy atom.